The largest absolute Gasteiger partial charge is 0.381 e. The summed E-state index contributed by atoms with van der Waals surface area (Å²) in [6.07, 6.45) is 2.08. The molecule has 1 aromatic rings. The fourth-order valence-electron chi connectivity index (χ4n) is 2.40. The molecular formula is C13H19ClN2. The summed E-state index contributed by atoms with van der Waals surface area (Å²) in [5.41, 5.74) is 9.40. The van der Waals surface area contributed by atoms with Gasteiger partial charge in [-0.3, -0.25) is 0 Å². The topological polar surface area (TPSA) is 38.0 Å². The third-order valence-corrected chi connectivity index (χ3v) is 3.88. The van der Waals surface area contributed by atoms with Crippen molar-refractivity contribution in [3.05, 3.63) is 28.3 Å². The average Bonchev–Trinajstić information content (AvgIpc) is 2.70. The number of rotatable bonds is 3. The average molecular weight is 239 g/mol. The molecule has 0 radical (unpaired) electrons. The third-order valence-electron chi connectivity index (χ3n) is 3.53. The van der Waals surface area contributed by atoms with Crippen LogP contribution in [0.1, 0.15) is 24.5 Å². The Balaban J connectivity index is 2.20. The molecule has 88 valence electrons. The van der Waals surface area contributed by atoms with Crippen molar-refractivity contribution in [1.29, 1.82) is 0 Å². The number of hydrogen-bond donors (Lipinski definition) is 2. The molecule has 3 N–H and O–H groups in total. The molecule has 1 aliphatic rings. The highest BCUT2D eigenvalue weighted by Crippen LogP contribution is 2.36. The van der Waals surface area contributed by atoms with Crippen molar-refractivity contribution in [3.63, 3.8) is 0 Å². The second-order valence-corrected chi connectivity index (χ2v) is 5.13. The molecule has 2 unspecified atom stereocenters. The number of nitrogens with two attached hydrogens (primary N) is 1. The molecule has 0 amide bonds. The standard InChI is InChI=1S/C13H19ClN2/c1-8(5-6-15)12-7-10-11(14)4-3-9(2)13(10)16-12/h3-4,8,12,16H,5-7,15H2,1-2H3. The predicted octanol–water partition coefficient (Wildman–Crippen LogP) is 2.97. The second kappa shape index (κ2) is 4.64. The highest BCUT2D eigenvalue weighted by atomic mass is 35.5. The minimum Gasteiger partial charge on any atom is -0.381 e. The van der Waals surface area contributed by atoms with Crippen LogP contribution in [-0.2, 0) is 6.42 Å². The molecule has 16 heavy (non-hydrogen) atoms. The summed E-state index contributed by atoms with van der Waals surface area (Å²) in [5.74, 6) is 0.591. The second-order valence-electron chi connectivity index (χ2n) is 4.73. The van der Waals surface area contributed by atoms with Crippen molar-refractivity contribution in [2.75, 3.05) is 11.9 Å². The Labute approximate surface area is 102 Å². The van der Waals surface area contributed by atoms with Crippen LogP contribution in [0.5, 0.6) is 0 Å². The van der Waals surface area contributed by atoms with E-state index in [1.54, 1.807) is 0 Å². The van der Waals surface area contributed by atoms with Gasteiger partial charge < -0.3 is 11.1 Å². The van der Waals surface area contributed by atoms with Crippen LogP contribution in [0.4, 0.5) is 5.69 Å². The number of fused-ring (bicyclic) bond motifs is 1. The first-order valence-electron chi connectivity index (χ1n) is 5.88. The van der Waals surface area contributed by atoms with E-state index in [1.807, 2.05) is 6.07 Å². The van der Waals surface area contributed by atoms with Gasteiger partial charge in [0.25, 0.3) is 0 Å². The van der Waals surface area contributed by atoms with E-state index < -0.39 is 0 Å². The molecule has 2 atom stereocenters. The van der Waals surface area contributed by atoms with Crippen LogP contribution in [0.25, 0.3) is 0 Å². The Morgan fingerprint density at radius 2 is 2.31 bits per heavy atom. The number of halogens is 1. The maximum absolute atomic E-state index is 6.22. The normalized spacial score (nSPS) is 20.4. The smallest absolute Gasteiger partial charge is 0.0459 e. The van der Waals surface area contributed by atoms with Gasteiger partial charge in [0, 0.05) is 16.8 Å². The molecule has 2 nitrogen and oxygen atoms in total. The van der Waals surface area contributed by atoms with E-state index in [1.165, 1.54) is 16.8 Å². The quantitative estimate of drug-likeness (QED) is 0.850. The third kappa shape index (κ3) is 2.04. The fourth-order valence-corrected chi connectivity index (χ4v) is 2.64. The Hall–Kier alpha value is -0.730. The van der Waals surface area contributed by atoms with Gasteiger partial charge in [0.15, 0.2) is 0 Å². The zero-order valence-corrected chi connectivity index (χ0v) is 10.6. The summed E-state index contributed by atoms with van der Waals surface area (Å²) >= 11 is 6.22. The van der Waals surface area contributed by atoms with Crippen molar-refractivity contribution < 1.29 is 0 Å². The summed E-state index contributed by atoms with van der Waals surface area (Å²) < 4.78 is 0. The fraction of sp³-hybridized carbons (Fsp3) is 0.538. The molecule has 1 aliphatic heterocycles. The molecular weight excluding hydrogens is 220 g/mol. The first-order chi connectivity index (χ1) is 7.63. The van der Waals surface area contributed by atoms with Gasteiger partial charge in [-0.2, -0.15) is 0 Å². The zero-order valence-electron chi connectivity index (χ0n) is 9.89. The summed E-state index contributed by atoms with van der Waals surface area (Å²) in [6, 6.07) is 4.55. The first kappa shape index (κ1) is 11.7. The summed E-state index contributed by atoms with van der Waals surface area (Å²) in [7, 11) is 0. The van der Waals surface area contributed by atoms with Gasteiger partial charge in [-0.1, -0.05) is 24.6 Å². The molecule has 0 spiro atoms. The number of benzene rings is 1. The highest BCUT2D eigenvalue weighted by Gasteiger charge is 2.27. The van der Waals surface area contributed by atoms with Gasteiger partial charge in [-0.05, 0) is 49.4 Å². The van der Waals surface area contributed by atoms with Crippen molar-refractivity contribution in [1.82, 2.24) is 0 Å². The van der Waals surface area contributed by atoms with Crippen LogP contribution in [0.15, 0.2) is 12.1 Å². The van der Waals surface area contributed by atoms with E-state index in [-0.39, 0.29) is 0 Å². The van der Waals surface area contributed by atoms with Gasteiger partial charge in [0.05, 0.1) is 0 Å². The minimum absolute atomic E-state index is 0.483. The molecule has 1 aromatic carbocycles. The van der Waals surface area contributed by atoms with Crippen LogP contribution < -0.4 is 11.1 Å². The monoisotopic (exact) mass is 238 g/mol. The van der Waals surface area contributed by atoms with Crippen LogP contribution in [0.3, 0.4) is 0 Å². The molecule has 0 fully saturated rings. The van der Waals surface area contributed by atoms with Gasteiger partial charge in [-0.25, -0.2) is 0 Å². The molecule has 0 aliphatic carbocycles. The maximum Gasteiger partial charge on any atom is 0.0459 e. The molecule has 0 saturated heterocycles. The molecule has 3 heteroatoms. The van der Waals surface area contributed by atoms with Crippen molar-refractivity contribution in [2.24, 2.45) is 11.7 Å². The minimum atomic E-state index is 0.483. The molecule has 1 heterocycles. The number of hydrogen-bond acceptors (Lipinski definition) is 2. The number of aryl methyl sites for hydroxylation is 1. The van der Waals surface area contributed by atoms with Gasteiger partial charge >= 0.3 is 0 Å². The van der Waals surface area contributed by atoms with Crippen molar-refractivity contribution in [3.8, 4) is 0 Å². The van der Waals surface area contributed by atoms with E-state index in [9.17, 15) is 0 Å². The Kier molecular flexibility index (Phi) is 3.41. The molecule has 0 bridgehead atoms. The van der Waals surface area contributed by atoms with E-state index in [2.05, 4.69) is 25.2 Å². The molecule has 2 rings (SSSR count). The summed E-state index contributed by atoms with van der Waals surface area (Å²) in [4.78, 5) is 0. The van der Waals surface area contributed by atoms with Crippen LogP contribution in [0, 0.1) is 12.8 Å². The summed E-state index contributed by atoms with van der Waals surface area (Å²) in [5, 5.41) is 4.47. The van der Waals surface area contributed by atoms with Gasteiger partial charge in [-0.15, -0.1) is 0 Å². The van der Waals surface area contributed by atoms with Crippen LogP contribution >= 0.6 is 11.6 Å². The Morgan fingerprint density at radius 3 is 2.94 bits per heavy atom. The summed E-state index contributed by atoms with van der Waals surface area (Å²) in [6.45, 7) is 5.13. The van der Waals surface area contributed by atoms with Crippen LogP contribution in [0.2, 0.25) is 5.02 Å². The predicted molar refractivity (Wildman–Crippen MR) is 70.1 cm³/mol. The highest BCUT2D eigenvalue weighted by molar-refractivity contribution is 6.31. The lowest BCUT2D eigenvalue weighted by atomic mass is 9.95. The lowest BCUT2D eigenvalue weighted by Crippen LogP contribution is -2.26. The lowest BCUT2D eigenvalue weighted by Gasteiger charge is -2.19. The number of nitrogens with one attached hydrogen (secondary N) is 1. The van der Waals surface area contributed by atoms with E-state index in [0.717, 1.165) is 24.4 Å². The Bertz CT molecular complexity index is 359. The molecule has 0 aromatic heterocycles. The maximum atomic E-state index is 6.22. The molecule has 0 saturated carbocycles. The van der Waals surface area contributed by atoms with E-state index >= 15 is 0 Å². The van der Waals surface area contributed by atoms with Gasteiger partial charge in [0.2, 0.25) is 0 Å². The van der Waals surface area contributed by atoms with Gasteiger partial charge in [0.1, 0.15) is 0 Å². The van der Waals surface area contributed by atoms with Crippen LogP contribution in [-0.4, -0.2) is 12.6 Å². The lowest BCUT2D eigenvalue weighted by molar-refractivity contribution is 0.464. The van der Waals surface area contributed by atoms with Crippen molar-refractivity contribution >= 4 is 17.3 Å². The first-order valence-corrected chi connectivity index (χ1v) is 6.26. The van der Waals surface area contributed by atoms with E-state index in [0.29, 0.717) is 12.0 Å². The van der Waals surface area contributed by atoms with Crippen molar-refractivity contribution in [2.45, 2.75) is 32.7 Å². The number of anilines is 1. The zero-order chi connectivity index (χ0) is 11.7. The SMILES string of the molecule is Cc1ccc(Cl)c2c1NC(C(C)CCN)C2. The Morgan fingerprint density at radius 1 is 1.56 bits per heavy atom. The van der Waals surface area contributed by atoms with E-state index in [4.69, 9.17) is 17.3 Å².